The van der Waals surface area contributed by atoms with E-state index in [0.717, 1.165) is 0 Å². The molecule has 0 rings (SSSR count). The summed E-state index contributed by atoms with van der Waals surface area (Å²) in [6.07, 6.45) is -2.74. The van der Waals surface area contributed by atoms with Gasteiger partial charge in [-0.05, 0) is 19.3 Å². The first-order valence-electron chi connectivity index (χ1n) is 5.45. The van der Waals surface area contributed by atoms with Crippen LogP contribution in [0.25, 0.3) is 0 Å². The van der Waals surface area contributed by atoms with Crippen LogP contribution in [0.1, 0.15) is 19.3 Å². The van der Waals surface area contributed by atoms with Crippen LogP contribution in [0.5, 0.6) is 0 Å². The Balaban J connectivity index is 4.39. The molecule has 0 saturated carbocycles. The maximum Gasteiger partial charge on any atom is 0.0848 e. The smallest absolute Gasteiger partial charge is 0.0848 e. The van der Waals surface area contributed by atoms with Crippen molar-refractivity contribution < 1.29 is 30.6 Å². The number of aliphatic hydroxyl groups excluding tert-OH is 6. The fraction of sp³-hybridized carbons (Fsp3) is 1.00. The highest BCUT2D eigenvalue weighted by molar-refractivity contribution is 4.82. The van der Waals surface area contributed by atoms with E-state index in [2.05, 4.69) is 0 Å². The Morgan fingerprint density at radius 3 is 1.69 bits per heavy atom. The van der Waals surface area contributed by atoms with E-state index in [1.165, 1.54) is 0 Å². The van der Waals surface area contributed by atoms with Gasteiger partial charge in [0.2, 0.25) is 0 Å². The van der Waals surface area contributed by atoms with Crippen LogP contribution in [0.4, 0.5) is 0 Å². The van der Waals surface area contributed by atoms with Crippen LogP contribution in [0.15, 0.2) is 0 Å². The normalized spacial score (nSPS) is 19.1. The van der Waals surface area contributed by atoms with Crippen molar-refractivity contribution in [2.75, 3.05) is 19.8 Å². The third-order valence-corrected chi connectivity index (χ3v) is 2.60. The fourth-order valence-electron chi connectivity index (χ4n) is 1.71. The topological polar surface area (TPSA) is 121 Å². The van der Waals surface area contributed by atoms with Crippen molar-refractivity contribution in [1.29, 1.82) is 0 Å². The number of aliphatic hydroxyl groups is 6. The van der Waals surface area contributed by atoms with Crippen molar-refractivity contribution in [1.82, 2.24) is 0 Å². The molecule has 0 aromatic carbocycles. The van der Waals surface area contributed by atoms with Crippen LogP contribution < -0.4 is 0 Å². The zero-order chi connectivity index (χ0) is 12.6. The van der Waals surface area contributed by atoms with Crippen molar-refractivity contribution in [2.24, 2.45) is 5.92 Å². The van der Waals surface area contributed by atoms with E-state index in [0.29, 0.717) is 6.42 Å². The molecule has 0 amide bonds. The quantitative estimate of drug-likeness (QED) is 0.272. The summed E-state index contributed by atoms with van der Waals surface area (Å²) in [6.45, 7) is -0.916. The molecular formula is C10H22O6. The molecule has 0 radical (unpaired) electrons. The van der Waals surface area contributed by atoms with Gasteiger partial charge in [-0.15, -0.1) is 0 Å². The predicted molar refractivity (Wildman–Crippen MR) is 56.6 cm³/mol. The summed E-state index contributed by atoms with van der Waals surface area (Å²) in [7, 11) is 0. The molecule has 0 aromatic heterocycles. The molecule has 16 heavy (non-hydrogen) atoms. The Morgan fingerprint density at radius 1 is 0.688 bits per heavy atom. The molecule has 0 bridgehead atoms. The zero-order valence-corrected chi connectivity index (χ0v) is 9.24. The predicted octanol–water partition coefficient (Wildman–Crippen LogP) is -2.17. The highest BCUT2D eigenvalue weighted by Crippen LogP contribution is 2.20. The van der Waals surface area contributed by atoms with Crippen LogP contribution in [-0.4, -0.2) is 68.8 Å². The van der Waals surface area contributed by atoms with Gasteiger partial charge in [0, 0.05) is 19.1 Å². The van der Waals surface area contributed by atoms with Gasteiger partial charge in [0.1, 0.15) is 0 Å². The van der Waals surface area contributed by atoms with Gasteiger partial charge in [0.25, 0.3) is 0 Å². The molecule has 0 heterocycles. The summed E-state index contributed by atoms with van der Waals surface area (Å²) in [5.41, 5.74) is 0. The zero-order valence-electron chi connectivity index (χ0n) is 9.24. The van der Waals surface area contributed by atoms with Gasteiger partial charge in [-0.25, -0.2) is 0 Å². The standard InChI is InChI=1S/C10H22O6/c11-4-1-2-7(14)10(9(16)6-13)8(15)3-5-12/h7-16H,1-6H2. The van der Waals surface area contributed by atoms with Gasteiger partial charge in [0.05, 0.1) is 24.9 Å². The van der Waals surface area contributed by atoms with Crippen molar-refractivity contribution in [3.63, 3.8) is 0 Å². The first kappa shape index (κ1) is 15.8. The molecule has 0 fully saturated rings. The highest BCUT2D eigenvalue weighted by Gasteiger charge is 2.32. The SMILES string of the molecule is OCCCC(O)C(C(O)CO)C(O)CCO. The van der Waals surface area contributed by atoms with Gasteiger partial charge < -0.3 is 30.6 Å². The number of hydrogen-bond donors (Lipinski definition) is 6. The molecule has 0 aliphatic carbocycles. The lowest BCUT2D eigenvalue weighted by Gasteiger charge is -2.30. The van der Waals surface area contributed by atoms with Crippen molar-refractivity contribution in [2.45, 2.75) is 37.6 Å². The van der Waals surface area contributed by atoms with Crippen LogP contribution in [0.3, 0.4) is 0 Å². The Kier molecular flexibility index (Phi) is 8.73. The molecule has 0 aliphatic rings. The van der Waals surface area contributed by atoms with Gasteiger partial charge in [-0.1, -0.05) is 0 Å². The third kappa shape index (κ3) is 5.20. The van der Waals surface area contributed by atoms with E-state index in [-0.39, 0.29) is 26.1 Å². The minimum absolute atomic E-state index is 0.0257. The largest absolute Gasteiger partial charge is 0.396 e. The van der Waals surface area contributed by atoms with Crippen LogP contribution >= 0.6 is 0 Å². The maximum absolute atomic E-state index is 9.71. The summed E-state index contributed by atoms with van der Waals surface area (Å²) in [4.78, 5) is 0. The van der Waals surface area contributed by atoms with E-state index in [9.17, 15) is 15.3 Å². The van der Waals surface area contributed by atoms with E-state index >= 15 is 0 Å². The van der Waals surface area contributed by atoms with Crippen molar-refractivity contribution >= 4 is 0 Å². The Hall–Kier alpha value is -0.240. The third-order valence-electron chi connectivity index (χ3n) is 2.60. The molecule has 6 nitrogen and oxygen atoms in total. The summed E-state index contributed by atoms with van der Waals surface area (Å²) in [5, 5.41) is 54.9. The van der Waals surface area contributed by atoms with E-state index in [1.54, 1.807) is 0 Å². The Labute approximate surface area is 94.8 Å². The van der Waals surface area contributed by atoms with Gasteiger partial charge in [0.15, 0.2) is 0 Å². The van der Waals surface area contributed by atoms with E-state index < -0.39 is 30.8 Å². The van der Waals surface area contributed by atoms with Crippen LogP contribution in [-0.2, 0) is 0 Å². The molecule has 98 valence electrons. The molecule has 4 atom stereocenters. The molecule has 0 spiro atoms. The molecule has 0 aromatic rings. The second-order valence-corrected chi connectivity index (χ2v) is 3.84. The van der Waals surface area contributed by atoms with Gasteiger partial charge in [-0.3, -0.25) is 0 Å². The second-order valence-electron chi connectivity index (χ2n) is 3.84. The minimum atomic E-state index is -1.24. The summed E-state index contributed by atoms with van der Waals surface area (Å²) in [6, 6.07) is 0. The molecular weight excluding hydrogens is 216 g/mol. The van der Waals surface area contributed by atoms with E-state index in [4.69, 9.17) is 15.3 Å². The first-order chi connectivity index (χ1) is 7.58. The lowest BCUT2D eigenvalue weighted by atomic mass is 9.86. The highest BCUT2D eigenvalue weighted by atomic mass is 16.3. The number of hydrogen-bond acceptors (Lipinski definition) is 6. The van der Waals surface area contributed by atoms with Gasteiger partial charge >= 0.3 is 0 Å². The fourth-order valence-corrected chi connectivity index (χ4v) is 1.71. The van der Waals surface area contributed by atoms with Gasteiger partial charge in [-0.2, -0.15) is 0 Å². The second kappa shape index (κ2) is 8.86. The van der Waals surface area contributed by atoms with Crippen LogP contribution in [0.2, 0.25) is 0 Å². The average molecular weight is 238 g/mol. The summed E-state index contributed by atoms with van der Waals surface area (Å²) >= 11 is 0. The lowest BCUT2D eigenvalue weighted by Crippen LogP contribution is -2.43. The minimum Gasteiger partial charge on any atom is -0.396 e. The molecule has 4 unspecified atom stereocenters. The maximum atomic E-state index is 9.71. The molecule has 6 heteroatoms. The molecule has 0 saturated heterocycles. The Bertz CT molecular complexity index is 165. The van der Waals surface area contributed by atoms with Crippen molar-refractivity contribution in [3.8, 4) is 0 Å². The Morgan fingerprint density at radius 2 is 1.25 bits per heavy atom. The summed E-state index contributed by atoms with van der Waals surface area (Å²) < 4.78 is 0. The lowest BCUT2D eigenvalue weighted by molar-refractivity contribution is -0.0818. The molecule has 0 aliphatic heterocycles. The van der Waals surface area contributed by atoms with E-state index in [1.807, 2.05) is 0 Å². The number of rotatable bonds is 9. The van der Waals surface area contributed by atoms with Crippen molar-refractivity contribution in [3.05, 3.63) is 0 Å². The summed E-state index contributed by atoms with van der Waals surface area (Å²) in [5.74, 6) is -0.913. The monoisotopic (exact) mass is 238 g/mol. The average Bonchev–Trinajstić information content (AvgIpc) is 2.26. The van der Waals surface area contributed by atoms with Crippen LogP contribution in [0, 0.1) is 5.92 Å². The first-order valence-corrected chi connectivity index (χ1v) is 5.45. The molecule has 6 N–H and O–H groups in total.